The summed E-state index contributed by atoms with van der Waals surface area (Å²) >= 11 is 0. The lowest BCUT2D eigenvalue weighted by Gasteiger charge is -2.33. The van der Waals surface area contributed by atoms with Crippen molar-refractivity contribution in [3.63, 3.8) is 0 Å². The highest BCUT2D eigenvalue weighted by atomic mass is 16.5. The highest BCUT2D eigenvalue weighted by Crippen LogP contribution is 2.34. The average molecular weight is 436 g/mol. The minimum Gasteiger partial charge on any atom is -0.480 e. The van der Waals surface area contributed by atoms with E-state index in [9.17, 15) is 9.59 Å². The molecule has 1 N–H and O–H groups in total. The number of pyridine rings is 1. The Hall–Kier alpha value is -3.26. The summed E-state index contributed by atoms with van der Waals surface area (Å²) in [5.74, 6) is 0.647. The van der Waals surface area contributed by atoms with E-state index in [4.69, 9.17) is 4.74 Å². The second-order valence-corrected chi connectivity index (χ2v) is 8.03. The van der Waals surface area contributed by atoms with Crippen LogP contribution in [0.4, 0.5) is 0 Å². The summed E-state index contributed by atoms with van der Waals surface area (Å²) in [5.41, 5.74) is 3.95. The van der Waals surface area contributed by atoms with Crippen molar-refractivity contribution in [2.45, 2.75) is 39.7 Å². The first kappa shape index (κ1) is 22.0. The Morgan fingerprint density at radius 2 is 1.75 bits per heavy atom. The van der Waals surface area contributed by atoms with Crippen LogP contribution in [0.15, 0.2) is 24.4 Å². The summed E-state index contributed by atoms with van der Waals surface area (Å²) in [7, 11) is 3.63. The zero-order valence-electron chi connectivity index (χ0n) is 19.2. The van der Waals surface area contributed by atoms with Crippen LogP contribution in [0.5, 0.6) is 5.88 Å². The van der Waals surface area contributed by atoms with Gasteiger partial charge in [-0.1, -0.05) is 13.8 Å². The van der Waals surface area contributed by atoms with E-state index in [-0.39, 0.29) is 17.9 Å². The fraction of sp³-hybridized carbons (Fsp3) is 0.417. The molecule has 2 aromatic heterocycles. The molecule has 2 aliphatic rings. The van der Waals surface area contributed by atoms with E-state index in [0.29, 0.717) is 33.9 Å². The number of nitrogens with zero attached hydrogens (tertiary/aromatic N) is 4. The molecular weight excluding hydrogens is 406 g/mol. The number of benzene rings is 1. The molecule has 0 aliphatic carbocycles. The van der Waals surface area contributed by atoms with Crippen molar-refractivity contribution in [2.24, 2.45) is 0 Å². The van der Waals surface area contributed by atoms with Gasteiger partial charge in [0, 0.05) is 12.2 Å². The number of rotatable bonds is 3. The predicted octanol–water partition coefficient (Wildman–Crippen LogP) is 3.66. The van der Waals surface area contributed by atoms with E-state index in [1.807, 2.05) is 26.8 Å². The van der Waals surface area contributed by atoms with E-state index >= 15 is 0 Å². The van der Waals surface area contributed by atoms with Crippen LogP contribution in [0.25, 0.3) is 22.4 Å². The van der Waals surface area contributed by atoms with Crippen molar-refractivity contribution < 1.29 is 14.3 Å². The molecule has 5 rings (SSSR count). The summed E-state index contributed by atoms with van der Waals surface area (Å²) in [6, 6.07) is 5.31. The maximum absolute atomic E-state index is 13.1. The van der Waals surface area contributed by atoms with Gasteiger partial charge in [0.25, 0.3) is 11.8 Å². The third kappa shape index (κ3) is 3.54. The van der Waals surface area contributed by atoms with Gasteiger partial charge in [0.15, 0.2) is 0 Å². The molecule has 8 heteroatoms. The van der Waals surface area contributed by atoms with Gasteiger partial charge in [-0.15, -0.1) is 0 Å². The number of imidazole rings is 1. The number of ether oxygens (including phenoxy) is 1. The van der Waals surface area contributed by atoms with Gasteiger partial charge in [-0.2, -0.15) is 0 Å². The number of fused-ring (bicyclic) bond motifs is 2. The Morgan fingerprint density at radius 1 is 1.09 bits per heavy atom. The fourth-order valence-corrected chi connectivity index (χ4v) is 4.44. The molecule has 2 aliphatic heterocycles. The van der Waals surface area contributed by atoms with E-state index in [1.165, 1.54) is 4.90 Å². The minimum atomic E-state index is -0.217. The maximum Gasteiger partial charge on any atom is 0.261 e. The third-order valence-corrected chi connectivity index (χ3v) is 6.13. The normalized spacial score (nSPS) is 16.8. The fourth-order valence-electron chi connectivity index (χ4n) is 4.44. The van der Waals surface area contributed by atoms with Gasteiger partial charge in [-0.25, -0.2) is 9.97 Å². The average Bonchev–Trinajstić information content (AvgIpc) is 3.32. The van der Waals surface area contributed by atoms with Gasteiger partial charge in [0.2, 0.25) is 5.88 Å². The maximum atomic E-state index is 13.1. The van der Waals surface area contributed by atoms with Crippen molar-refractivity contribution in [2.75, 3.05) is 27.2 Å². The van der Waals surface area contributed by atoms with E-state index in [2.05, 4.69) is 26.9 Å². The predicted molar refractivity (Wildman–Crippen MR) is 123 cm³/mol. The van der Waals surface area contributed by atoms with Crippen LogP contribution in [-0.4, -0.2) is 69.9 Å². The Morgan fingerprint density at radius 3 is 2.41 bits per heavy atom. The molecule has 8 nitrogen and oxygen atoms in total. The largest absolute Gasteiger partial charge is 0.480 e. The van der Waals surface area contributed by atoms with Gasteiger partial charge in [0.05, 0.1) is 34.8 Å². The molecule has 0 spiro atoms. The Bertz CT molecular complexity index is 1120. The number of likely N-dealkylation sites (tertiary alicyclic amines) is 1. The second-order valence-electron chi connectivity index (χ2n) is 8.03. The molecule has 1 aromatic carbocycles. The summed E-state index contributed by atoms with van der Waals surface area (Å²) in [6.07, 6.45) is 3.30. The van der Waals surface area contributed by atoms with Crippen LogP contribution in [-0.2, 0) is 0 Å². The van der Waals surface area contributed by atoms with Gasteiger partial charge >= 0.3 is 0 Å². The number of H-pyrrole nitrogens is 1. The molecule has 1 saturated heterocycles. The molecule has 0 unspecified atom stereocenters. The van der Waals surface area contributed by atoms with Crippen LogP contribution >= 0.6 is 0 Å². The van der Waals surface area contributed by atoms with Crippen molar-refractivity contribution >= 4 is 22.8 Å². The van der Waals surface area contributed by atoms with Crippen molar-refractivity contribution in [1.29, 1.82) is 0 Å². The SMILES string of the molecule is CC.COc1nccc(C)c1-c1nc2cc3c(cc2[nH]1)C(=O)N(C1CCN(C)CC1)C3=O. The highest BCUT2D eigenvalue weighted by Gasteiger charge is 2.41. The van der Waals surface area contributed by atoms with Gasteiger partial charge in [-0.05, 0) is 63.7 Å². The Balaban J connectivity index is 0.00000119. The molecule has 4 heterocycles. The molecule has 1 fully saturated rings. The zero-order chi connectivity index (χ0) is 23.0. The number of methoxy groups -OCH3 is 1. The molecular formula is C24H29N5O3. The lowest BCUT2D eigenvalue weighted by molar-refractivity contribution is 0.0516. The highest BCUT2D eigenvalue weighted by molar-refractivity contribution is 6.23. The summed E-state index contributed by atoms with van der Waals surface area (Å²) in [4.78, 5) is 42.1. The van der Waals surface area contributed by atoms with Crippen LogP contribution < -0.4 is 4.74 Å². The summed E-state index contributed by atoms with van der Waals surface area (Å²) in [6.45, 7) is 7.73. The number of aromatic amines is 1. The first-order valence-corrected chi connectivity index (χ1v) is 11.1. The topological polar surface area (TPSA) is 91.4 Å². The van der Waals surface area contributed by atoms with E-state index in [1.54, 1.807) is 25.4 Å². The molecule has 0 bridgehead atoms. The molecule has 0 radical (unpaired) electrons. The third-order valence-electron chi connectivity index (χ3n) is 6.13. The van der Waals surface area contributed by atoms with Crippen LogP contribution in [0, 0.1) is 6.92 Å². The summed E-state index contributed by atoms with van der Waals surface area (Å²) < 4.78 is 5.39. The van der Waals surface area contributed by atoms with Gasteiger partial charge in [0.1, 0.15) is 5.82 Å². The van der Waals surface area contributed by atoms with Crippen molar-refractivity contribution in [1.82, 2.24) is 24.8 Å². The van der Waals surface area contributed by atoms with Crippen LogP contribution in [0.2, 0.25) is 0 Å². The number of aromatic nitrogens is 3. The number of carbonyl (C=O) groups is 2. The Labute approximate surface area is 187 Å². The number of amides is 2. The quantitative estimate of drug-likeness (QED) is 0.632. The van der Waals surface area contributed by atoms with Crippen LogP contribution in [0.1, 0.15) is 53.0 Å². The number of hydrogen-bond acceptors (Lipinski definition) is 6. The van der Waals surface area contributed by atoms with E-state index < -0.39 is 0 Å². The number of hydrogen-bond donors (Lipinski definition) is 1. The molecule has 0 saturated carbocycles. The number of imide groups is 1. The molecule has 0 atom stereocenters. The number of piperidine rings is 1. The first-order valence-electron chi connectivity index (χ1n) is 11.1. The molecule has 168 valence electrons. The lowest BCUT2D eigenvalue weighted by atomic mass is 10.0. The van der Waals surface area contributed by atoms with Crippen molar-refractivity contribution in [3.8, 4) is 17.3 Å². The smallest absolute Gasteiger partial charge is 0.261 e. The minimum absolute atomic E-state index is 0.0437. The van der Waals surface area contributed by atoms with Crippen molar-refractivity contribution in [3.05, 3.63) is 41.1 Å². The molecule has 32 heavy (non-hydrogen) atoms. The number of aryl methyl sites for hydroxylation is 1. The standard InChI is InChI=1S/C22H23N5O3.C2H6/c1-12-4-7-23-20(30-3)18(12)19-24-16-10-14-15(11-17(16)25-19)22(29)27(21(14)28)13-5-8-26(2)9-6-13;1-2/h4,7,10-11,13H,5-6,8-9H2,1-3H3,(H,24,25);1-2H3. The lowest BCUT2D eigenvalue weighted by Crippen LogP contribution is -2.46. The Kier molecular flexibility index (Phi) is 5.97. The summed E-state index contributed by atoms with van der Waals surface area (Å²) in [5, 5.41) is 0. The molecule has 2 amide bonds. The monoisotopic (exact) mass is 435 g/mol. The first-order chi connectivity index (χ1) is 15.5. The zero-order valence-corrected chi connectivity index (χ0v) is 19.2. The second kappa shape index (κ2) is 8.70. The van der Waals surface area contributed by atoms with E-state index in [0.717, 1.165) is 37.1 Å². The van der Waals surface area contributed by atoms with Gasteiger partial charge < -0.3 is 14.6 Å². The number of carbonyl (C=O) groups excluding carboxylic acids is 2. The number of nitrogens with one attached hydrogen (secondary N) is 1. The van der Waals surface area contributed by atoms with Gasteiger partial charge in [-0.3, -0.25) is 14.5 Å². The molecule has 3 aromatic rings. The van der Waals surface area contributed by atoms with Crippen LogP contribution in [0.3, 0.4) is 0 Å².